The van der Waals surface area contributed by atoms with E-state index in [0.717, 1.165) is 44.0 Å². The Morgan fingerprint density at radius 2 is 2.00 bits per heavy atom. The van der Waals surface area contributed by atoms with Crippen molar-refractivity contribution in [2.45, 2.75) is 32.3 Å². The van der Waals surface area contributed by atoms with Gasteiger partial charge in [0, 0.05) is 31.1 Å². The van der Waals surface area contributed by atoms with Crippen LogP contribution in [0.15, 0.2) is 47.8 Å². The van der Waals surface area contributed by atoms with Crippen LogP contribution in [0.1, 0.15) is 33.5 Å². The molecule has 0 spiro atoms. The predicted octanol–water partition coefficient (Wildman–Crippen LogP) is 3.10. The molecule has 1 N–H and O–H groups in total. The van der Waals surface area contributed by atoms with Crippen LogP contribution in [0, 0.1) is 0 Å². The molecule has 2 aromatic heterocycles. The van der Waals surface area contributed by atoms with Gasteiger partial charge in [-0.05, 0) is 42.7 Å². The Bertz CT molecular complexity index is 887. The highest BCUT2D eigenvalue weighted by atomic mass is 32.1. The topological polar surface area (TPSA) is 44.5 Å². The third-order valence-corrected chi connectivity index (χ3v) is 5.85. The van der Waals surface area contributed by atoms with Crippen molar-refractivity contribution < 1.29 is 5.11 Å². The van der Waals surface area contributed by atoms with Gasteiger partial charge < -0.3 is 10.0 Å². The monoisotopic (exact) mass is 382 g/mol. The van der Waals surface area contributed by atoms with E-state index in [1.807, 2.05) is 46.4 Å². The van der Waals surface area contributed by atoms with Gasteiger partial charge in [0.1, 0.15) is 6.10 Å². The minimum Gasteiger partial charge on any atom is -0.382 e. The number of hydrogen-bond acceptors (Lipinski definition) is 5. The Labute approximate surface area is 164 Å². The zero-order chi connectivity index (χ0) is 18.8. The first kappa shape index (κ1) is 18.4. The number of aliphatic hydroxyl groups excluding tert-OH is 1. The maximum absolute atomic E-state index is 10.6. The Kier molecular flexibility index (Phi) is 5.41. The summed E-state index contributed by atoms with van der Waals surface area (Å²) >= 11 is 1.84. The van der Waals surface area contributed by atoms with Crippen LogP contribution in [0.4, 0.5) is 0 Å². The van der Waals surface area contributed by atoms with Crippen molar-refractivity contribution in [3.05, 3.63) is 75.2 Å². The molecule has 3 aromatic rings. The van der Waals surface area contributed by atoms with Gasteiger partial charge >= 0.3 is 0 Å². The van der Waals surface area contributed by atoms with Crippen LogP contribution in [-0.4, -0.2) is 45.3 Å². The summed E-state index contributed by atoms with van der Waals surface area (Å²) in [6, 6.07) is 14.1. The molecule has 3 heterocycles. The van der Waals surface area contributed by atoms with Gasteiger partial charge in [0.05, 0.1) is 17.9 Å². The minimum atomic E-state index is -0.663. The zero-order valence-corrected chi connectivity index (χ0v) is 16.7. The smallest absolute Gasteiger partial charge is 0.123 e. The number of thiophene rings is 1. The molecule has 1 aliphatic rings. The van der Waals surface area contributed by atoms with Gasteiger partial charge in [0.2, 0.25) is 0 Å². The first-order chi connectivity index (χ1) is 13.1. The van der Waals surface area contributed by atoms with E-state index < -0.39 is 6.10 Å². The van der Waals surface area contributed by atoms with E-state index in [9.17, 15) is 5.11 Å². The van der Waals surface area contributed by atoms with E-state index in [-0.39, 0.29) is 0 Å². The third kappa shape index (κ3) is 4.30. The molecule has 6 heteroatoms. The van der Waals surface area contributed by atoms with Crippen molar-refractivity contribution in [1.29, 1.82) is 0 Å². The molecule has 5 nitrogen and oxygen atoms in total. The van der Waals surface area contributed by atoms with E-state index in [0.29, 0.717) is 0 Å². The standard InChI is InChI=1S/C21H26N4OS/c1-23(2)12-16-10-19(27-15-16)14-24-8-9-25-18(13-24)11-20(22-25)21(26)17-6-4-3-5-7-17/h3-7,10-11,15,21,26H,8-9,12-14H2,1-2H3. The lowest BCUT2D eigenvalue weighted by molar-refractivity contribution is 0.201. The van der Waals surface area contributed by atoms with E-state index >= 15 is 0 Å². The second-order valence-electron chi connectivity index (χ2n) is 7.47. The Morgan fingerprint density at radius 3 is 2.78 bits per heavy atom. The third-order valence-electron chi connectivity index (χ3n) is 4.88. The van der Waals surface area contributed by atoms with Gasteiger partial charge in [-0.25, -0.2) is 0 Å². The number of rotatable bonds is 6. The van der Waals surface area contributed by atoms with Gasteiger partial charge in [-0.3, -0.25) is 9.58 Å². The summed E-state index contributed by atoms with van der Waals surface area (Å²) in [5.41, 5.74) is 4.19. The van der Waals surface area contributed by atoms with E-state index in [4.69, 9.17) is 0 Å². The highest BCUT2D eigenvalue weighted by Crippen LogP contribution is 2.25. The number of nitrogens with zero attached hydrogens (tertiary/aromatic N) is 4. The van der Waals surface area contributed by atoms with Gasteiger partial charge in [0.25, 0.3) is 0 Å². The zero-order valence-electron chi connectivity index (χ0n) is 15.9. The van der Waals surface area contributed by atoms with Crippen molar-refractivity contribution in [3.63, 3.8) is 0 Å². The van der Waals surface area contributed by atoms with Crippen molar-refractivity contribution in [2.75, 3.05) is 20.6 Å². The molecule has 1 atom stereocenters. The van der Waals surface area contributed by atoms with Crippen LogP contribution in [0.3, 0.4) is 0 Å². The number of hydrogen-bond donors (Lipinski definition) is 1. The van der Waals surface area contributed by atoms with Crippen LogP contribution in [0.5, 0.6) is 0 Å². The summed E-state index contributed by atoms with van der Waals surface area (Å²) in [4.78, 5) is 6.07. The maximum atomic E-state index is 10.6. The average Bonchev–Trinajstić information content (AvgIpc) is 3.27. The fraction of sp³-hybridized carbons (Fsp3) is 0.381. The fourth-order valence-corrected chi connectivity index (χ4v) is 4.52. The fourth-order valence-electron chi connectivity index (χ4n) is 3.60. The Balaban J connectivity index is 1.43. The summed E-state index contributed by atoms with van der Waals surface area (Å²) in [6.07, 6.45) is -0.663. The molecule has 1 aliphatic heterocycles. The largest absolute Gasteiger partial charge is 0.382 e. The molecule has 27 heavy (non-hydrogen) atoms. The summed E-state index contributed by atoms with van der Waals surface area (Å²) in [5, 5.41) is 17.5. The lowest BCUT2D eigenvalue weighted by Crippen LogP contribution is -2.33. The first-order valence-electron chi connectivity index (χ1n) is 9.31. The summed E-state index contributed by atoms with van der Waals surface area (Å²) in [6.45, 7) is 4.68. The van der Waals surface area contributed by atoms with Gasteiger partial charge in [-0.2, -0.15) is 5.10 Å². The van der Waals surface area contributed by atoms with Crippen LogP contribution in [0.25, 0.3) is 0 Å². The molecule has 0 radical (unpaired) electrons. The average molecular weight is 383 g/mol. The molecule has 0 aliphatic carbocycles. The van der Waals surface area contributed by atoms with Gasteiger partial charge in [-0.15, -0.1) is 11.3 Å². The predicted molar refractivity (Wildman–Crippen MR) is 109 cm³/mol. The number of aromatic nitrogens is 2. The molecular weight excluding hydrogens is 356 g/mol. The van der Waals surface area contributed by atoms with Crippen LogP contribution in [-0.2, 0) is 26.2 Å². The van der Waals surface area contributed by atoms with E-state index in [1.165, 1.54) is 16.1 Å². The van der Waals surface area contributed by atoms with Crippen molar-refractivity contribution in [3.8, 4) is 0 Å². The lowest BCUT2D eigenvalue weighted by Gasteiger charge is -2.26. The highest BCUT2D eigenvalue weighted by Gasteiger charge is 2.22. The van der Waals surface area contributed by atoms with Crippen molar-refractivity contribution in [1.82, 2.24) is 19.6 Å². The minimum absolute atomic E-state index is 0.663. The molecule has 0 amide bonds. The van der Waals surface area contributed by atoms with Crippen molar-refractivity contribution >= 4 is 11.3 Å². The van der Waals surface area contributed by atoms with Crippen LogP contribution >= 0.6 is 11.3 Å². The highest BCUT2D eigenvalue weighted by molar-refractivity contribution is 7.10. The number of fused-ring (bicyclic) bond motifs is 1. The second kappa shape index (κ2) is 7.94. The second-order valence-corrected chi connectivity index (χ2v) is 8.46. The normalized spacial score (nSPS) is 15.9. The summed E-state index contributed by atoms with van der Waals surface area (Å²) in [5.74, 6) is 0. The van der Waals surface area contributed by atoms with Crippen molar-refractivity contribution in [2.24, 2.45) is 0 Å². The molecule has 0 bridgehead atoms. The summed E-state index contributed by atoms with van der Waals surface area (Å²) < 4.78 is 2.05. The number of benzene rings is 1. The molecule has 0 saturated carbocycles. The SMILES string of the molecule is CN(C)Cc1csc(CN2CCn3nc(C(O)c4ccccc4)cc3C2)c1. The molecule has 0 fully saturated rings. The van der Waals surface area contributed by atoms with E-state index in [2.05, 4.69) is 46.5 Å². The molecule has 1 aromatic carbocycles. The maximum Gasteiger partial charge on any atom is 0.123 e. The molecule has 4 rings (SSSR count). The van der Waals surface area contributed by atoms with Crippen LogP contribution in [0.2, 0.25) is 0 Å². The molecule has 142 valence electrons. The van der Waals surface area contributed by atoms with Gasteiger partial charge in [-0.1, -0.05) is 30.3 Å². The molecule has 0 saturated heterocycles. The Hall–Kier alpha value is -1.99. The molecular formula is C21H26N4OS. The lowest BCUT2D eigenvalue weighted by atomic mass is 10.1. The van der Waals surface area contributed by atoms with E-state index in [1.54, 1.807) is 0 Å². The Morgan fingerprint density at radius 1 is 1.19 bits per heavy atom. The quantitative estimate of drug-likeness (QED) is 0.712. The molecule has 1 unspecified atom stereocenters. The van der Waals surface area contributed by atoms with Crippen LogP contribution < -0.4 is 0 Å². The number of aliphatic hydroxyl groups is 1. The van der Waals surface area contributed by atoms with Gasteiger partial charge in [0.15, 0.2) is 0 Å². The summed E-state index contributed by atoms with van der Waals surface area (Å²) in [7, 11) is 4.20. The first-order valence-corrected chi connectivity index (χ1v) is 10.2.